The second kappa shape index (κ2) is 7.04. The van der Waals surface area contributed by atoms with Crippen LogP contribution in [-0.2, 0) is 14.2 Å². The van der Waals surface area contributed by atoms with E-state index in [4.69, 9.17) is 0 Å². The van der Waals surface area contributed by atoms with E-state index in [0.29, 0.717) is 12.2 Å². The first-order chi connectivity index (χ1) is 12.5. The van der Waals surface area contributed by atoms with Gasteiger partial charge < -0.3 is 0 Å². The Morgan fingerprint density at radius 1 is 1.11 bits per heavy atom. The largest absolute Gasteiger partial charge is 0.461 e. The lowest BCUT2D eigenvalue weighted by Crippen LogP contribution is -2.56. The van der Waals surface area contributed by atoms with Gasteiger partial charge in [0.05, 0.1) is 9.23 Å². The molecule has 1 heterocycles. The third-order valence-corrected chi connectivity index (χ3v) is 6.91. The molecule has 0 spiro atoms. The fourth-order valence-electron chi connectivity index (χ4n) is 2.28. The van der Waals surface area contributed by atoms with Crippen molar-refractivity contribution in [3.8, 4) is 0 Å². The average Bonchev–Trinajstić information content (AvgIpc) is 2.52. The monoisotopic (exact) mass is 563 g/mol. The van der Waals surface area contributed by atoms with E-state index < -0.39 is 42.4 Å². The number of rotatable bonds is 4. The Kier molecular flexibility index (Phi) is 5.85. The molecule has 3 nitrogen and oxygen atoms in total. The fourth-order valence-corrected chi connectivity index (χ4v) is 5.89. The van der Waals surface area contributed by atoms with Crippen LogP contribution in [0.25, 0.3) is 0 Å². The molecule has 0 amide bonds. The van der Waals surface area contributed by atoms with E-state index in [9.17, 15) is 43.5 Å². The van der Waals surface area contributed by atoms with E-state index in [-0.39, 0.29) is 16.5 Å². The SMILES string of the molecule is O=S(=O)(C1=CC(Br)(c2cccnc2F)CC(Br)=C1)C(F)(F)C(F)(F)C(F)(F)F. The lowest BCUT2D eigenvalue weighted by atomic mass is 9.93. The smallest absolute Gasteiger partial charge is 0.228 e. The molecule has 1 unspecified atom stereocenters. The molecular formula is C14H7Br2F8NO2S. The number of halogens is 10. The van der Waals surface area contributed by atoms with E-state index in [1.54, 1.807) is 0 Å². The summed E-state index contributed by atoms with van der Waals surface area (Å²) in [7, 11) is -6.55. The quantitative estimate of drug-likeness (QED) is 0.272. The van der Waals surface area contributed by atoms with Crippen LogP contribution in [0.4, 0.5) is 35.1 Å². The molecule has 0 saturated heterocycles. The summed E-state index contributed by atoms with van der Waals surface area (Å²) in [5.41, 5.74) is -0.348. The minimum Gasteiger partial charge on any atom is -0.228 e. The van der Waals surface area contributed by atoms with Gasteiger partial charge in [-0.15, -0.1) is 0 Å². The van der Waals surface area contributed by atoms with Crippen LogP contribution in [0.1, 0.15) is 12.0 Å². The summed E-state index contributed by atoms with van der Waals surface area (Å²) >= 11 is 5.74. The zero-order chi connectivity index (χ0) is 21.8. The van der Waals surface area contributed by atoms with Crippen LogP contribution in [0, 0.1) is 5.95 Å². The molecule has 0 radical (unpaired) electrons. The summed E-state index contributed by atoms with van der Waals surface area (Å²) in [5.74, 6) is -8.01. The van der Waals surface area contributed by atoms with E-state index in [1.165, 1.54) is 6.07 Å². The fraction of sp³-hybridized carbons (Fsp3) is 0.357. The van der Waals surface area contributed by atoms with Gasteiger partial charge in [0.15, 0.2) is 0 Å². The number of alkyl halides is 8. The van der Waals surface area contributed by atoms with Crippen LogP contribution in [0.5, 0.6) is 0 Å². The van der Waals surface area contributed by atoms with Gasteiger partial charge in [0, 0.05) is 18.2 Å². The Morgan fingerprint density at radius 3 is 2.18 bits per heavy atom. The van der Waals surface area contributed by atoms with Crippen molar-refractivity contribution in [3.63, 3.8) is 0 Å². The van der Waals surface area contributed by atoms with Crippen molar-refractivity contribution < 1.29 is 43.5 Å². The summed E-state index contributed by atoms with van der Waals surface area (Å²) in [6.45, 7) is 0. The Balaban J connectivity index is 2.68. The highest BCUT2D eigenvalue weighted by Crippen LogP contribution is 2.53. The van der Waals surface area contributed by atoms with Crippen molar-refractivity contribution in [2.45, 2.75) is 28.1 Å². The third-order valence-electron chi connectivity index (χ3n) is 3.67. The standard InChI is InChI=1S/C14H7Br2F8NO2S/c15-7-4-8(6-11(16,5-7)9-2-1-3-25-10(9)17)28(26,27)14(23,24)12(18,19)13(20,21)22/h1-4,6H,5H2. The highest BCUT2D eigenvalue weighted by atomic mass is 79.9. The zero-order valence-corrected chi connectivity index (χ0v) is 17.0. The van der Waals surface area contributed by atoms with E-state index in [0.717, 1.165) is 12.3 Å². The lowest BCUT2D eigenvalue weighted by Gasteiger charge is -2.32. The highest BCUT2D eigenvalue weighted by molar-refractivity contribution is 9.12. The van der Waals surface area contributed by atoms with Gasteiger partial charge in [-0.1, -0.05) is 37.9 Å². The van der Waals surface area contributed by atoms with Gasteiger partial charge in [-0.2, -0.15) is 35.1 Å². The molecule has 1 atom stereocenters. The predicted octanol–water partition coefficient (Wildman–Crippen LogP) is 5.58. The van der Waals surface area contributed by atoms with Crippen LogP contribution in [0.15, 0.2) is 39.9 Å². The van der Waals surface area contributed by atoms with Gasteiger partial charge in [-0.05, 0) is 22.7 Å². The van der Waals surface area contributed by atoms with E-state index in [2.05, 4.69) is 36.8 Å². The van der Waals surface area contributed by atoms with Gasteiger partial charge in [0.1, 0.15) is 0 Å². The van der Waals surface area contributed by atoms with Gasteiger partial charge in [0.2, 0.25) is 15.8 Å². The van der Waals surface area contributed by atoms with Crippen molar-refractivity contribution in [2.24, 2.45) is 0 Å². The average molecular weight is 565 g/mol. The lowest BCUT2D eigenvalue weighted by molar-refractivity contribution is -0.331. The first kappa shape index (κ1) is 23.3. The molecule has 1 aromatic heterocycles. The molecule has 0 N–H and O–H groups in total. The van der Waals surface area contributed by atoms with Crippen LogP contribution < -0.4 is 0 Å². The molecule has 1 aromatic rings. The third kappa shape index (κ3) is 3.62. The number of hydrogen-bond acceptors (Lipinski definition) is 3. The molecule has 1 aliphatic rings. The second-order valence-corrected chi connectivity index (χ2v) is 10.0. The predicted molar refractivity (Wildman–Crippen MR) is 89.4 cm³/mol. The van der Waals surface area contributed by atoms with Crippen molar-refractivity contribution in [2.75, 3.05) is 0 Å². The Labute approximate surface area is 169 Å². The Bertz CT molecular complexity index is 958. The molecule has 2 rings (SSSR count). The second-order valence-electron chi connectivity index (χ2n) is 5.61. The van der Waals surface area contributed by atoms with Crippen molar-refractivity contribution in [1.29, 1.82) is 0 Å². The molecule has 0 saturated carbocycles. The van der Waals surface area contributed by atoms with E-state index >= 15 is 0 Å². The molecule has 28 heavy (non-hydrogen) atoms. The van der Waals surface area contributed by atoms with Crippen LogP contribution in [0.3, 0.4) is 0 Å². The number of pyridine rings is 1. The summed E-state index contributed by atoms with van der Waals surface area (Å²) in [5, 5.41) is -6.52. The first-order valence-corrected chi connectivity index (χ1v) is 10.00. The highest BCUT2D eigenvalue weighted by Gasteiger charge is 2.79. The van der Waals surface area contributed by atoms with Crippen molar-refractivity contribution in [3.05, 3.63) is 51.4 Å². The molecule has 1 aliphatic carbocycles. The molecule has 0 aliphatic heterocycles. The number of hydrogen-bond donors (Lipinski definition) is 0. The van der Waals surface area contributed by atoms with Gasteiger partial charge >= 0.3 is 17.4 Å². The van der Waals surface area contributed by atoms with E-state index in [1.807, 2.05) is 0 Å². The summed E-state index contributed by atoms with van der Waals surface area (Å²) in [4.78, 5) is 1.75. The van der Waals surface area contributed by atoms with Crippen molar-refractivity contribution in [1.82, 2.24) is 4.98 Å². The Morgan fingerprint density at radius 2 is 1.68 bits per heavy atom. The molecule has 0 aromatic carbocycles. The van der Waals surface area contributed by atoms with Gasteiger partial charge in [-0.3, -0.25) is 0 Å². The molecule has 14 heteroatoms. The van der Waals surface area contributed by atoms with Crippen LogP contribution in [0.2, 0.25) is 0 Å². The molecule has 0 fully saturated rings. The minimum atomic E-state index is -6.87. The van der Waals surface area contributed by atoms with Crippen LogP contribution >= 0.6 is 31.9 Å². The maximum Gasteiger partial charge on any atom is 0.461 e. The minimum absolute atomic E-state index is 0.181. The molecule has 156 valence electrons. The normalized spacial score (nSPS) is 21.9. The first-order valence-electron chi connectivity index (χ1n) is 6.93. The number of allylic oxidation sites excluding steroid dienone is 3. The topological polar surface area (TPSA) is 47.0 Å². The Hall–Kier alpha value is -1.02. The number of nitrogens with zero attached hydrogens (tertiary/aromatic N) is 1. The number of sulfone groups is 1. The summed E-state index contributed by atoms with van der Waals surface area (Å²) in [6, 6.07) is 2.33. The van der Waals surface area contributed by atoms with Gasteiger partial charge in [-0.25, -0.2) is 13.4 Å². The van der Waals surface area contributed by atoms with Crippen molar-refractivity contribution >= 4 is 41.7 Å². The maximum absolute atomic E-state index is 14.0. The maximum atomic E-state index is 14.0. The summed E-state index contributed by atoms with van der Waals surface area (Å²) < 4.78 is 127. The van der Waals surface area contributed by atoms with Gasteiger partial charge in [0.25, 0.3) is 0 Å². The molecular weight excluding hydrogens is 558 g/mol. The molecule has 0 bridgehead atoms. The number of aromatic nitrogens is 1. The summed E-state index contributed by atoms with van der Waals surface area (Å²) in [6.07, 6.45) is -5.20. The van der Waals surface area contributed by atoms with Crippen LogP contribution in [-0.4, -0.2) is 30.8 Å². The zero-order valence-electron chi connectivity index (χ0n) is 13.0.